The molecule has 0 saturated heterocycles. The molecule has 0 saturated carbocycles. The molecule has 1 N–H and O–H groups in total. The van der Waals surface area contributed by atoms with Crippen LogP contribution in [-0.4, -0.2) is 13.0 Å². The van der Waals surface area contributed by atoms with Crippen LogP contribution in [-0.2, 0) is 17.6 Å². The van der Waals surface area contributed by atoms with Crippen LogP contribution in [0.4, 0.5) is 0 Å². The van der Waals surface area contributed by atoms with E-state index in [1.54, 1.807) is 7.11 Å². The molecule has 2 aromatic carbocycles. The number of hydrogen-bond acceptors (Lipinski definition) is 2. The number of nitrogens with one attached hydrogen (secondary N) is 1. The van der Waals surface area contributed by atoms with Gasteiger partial charge in [-0.25, -0.2) is 0 Å². The first kappa shape index (κ1) is 18.1. The number of para-hydroxylation sites is 1. The normalized spacial score (nSPS) is 12.0. The van der Waals surface area contributed by atoms with Gasteiger partial charge >= 0.3 is 0 Å². The second-order valence-corrected chi connectivity index (χ2v) is 6.62. The molecule has 0 bridgehead atoms. The maximum atomic E-state index is 12.3. The van der Waals surface area contributed by atoms with Crippen LogP contribution >= 0.6 is 0 Å². The van der Waals surface area contributed by atoms with Gasteiger partial charge in [-0.15, -0.1) is 0 Å². The minimum Gasteiger partial charge on any atom is -0.496 e. The van der Waals surface area contributed by atoms with Crippen molar-refractivity contribution in [1.29, 1.82) is 0 Å². The molecule has 2 rings (SSSR count). The van der Waals surface area contributed by atoms with Crippen LogP contribution in [0.2, 0.25) is 0 Å². The third kappa shape index (κ3) is 5.12. The van der Waals surface area contributed by atoms with Crippen molar-refractivity contribution in [2.75, 3.05) is 7.11 Å². The van der Waals surface area contributed by atoms with Gasteiger partial charge in [-0.3, -0.25) is 4.79 Å². The molecule has 1 unspecified atom stereocenters. The Bertz CT molecular complexity index is 662. The standard InChI is InChI=1S/C21H27NO2/c1-15(2)13-17-9-11-18(12-10-17)16(3)22-21(23)14-19-7-5-6-8-20(19)24-4/h5-12,15-16H,13-14H2,1-4H3,(H,22,23). The van der Waals surface area contributed by atoms with Crippen molar-refractivity contribution < 1.29 is 9.53 Å². The second kappa shape index (κ2) is 8.53. The molecule has 24 heavy (non-hydrogen) atoms. The number of hydrogen-bond donors (Lipinski definition) is 1. The molecule has 3 heteroatoms. The van der Waals surface area contributed by atoms with Crippen LogP contribution in [0.3, 0.4) is 0 Å². The van der Waals surface area contributed by atoms with Gasteiger partial charge in [-0.2, -0.15) is 0 Å². The Morgan fingerprint density at radius 1 is 1.04 bits per heavy atom. The molecule has 0 spiro atoms. The van der Waals surface area contributed by atoms with Crippen molar-refractivity contribution in [1.82, 2.24) is 5.32 Å². The van der Waals surface area contributed by atoms with E-state index in [-0.39, 0.29) is 11.9 Å². The Balaban J connectivity index is 1.96. The molecule has 0 aliphatic carbocycles. The van der Waals surface area contributed by atoms with Crippen LogP contribution in [0.1, 0.15) is 43.5 Å². The van der Waals surface area contributed by atoms with E-state index in [1.807, 2.05) is 31.2 Å². The third-order valence-electron chi connectivity index (χ3n) is 4.04. The minimum absolute atomic E-state index is 0.00161. The van der Waals surface area contributed by atoms with Crippen molar-refractivity contribution in [3.63, 3.8) is 0 Å². The number of carbonyl (C=O) groups is 1. The smallest absolute Gasteiger partial charge is 0.225 e. The summed E-state index contributed by atoms with van der Waals surface area (Å²) in [7, 11) is 1.62. The molecular formula is C21H27NO2. The molecule has 3 nitrogen and oxygen atoms in total. The van der Waals surface area contributed by atoms with Crippen molar-refractivity contribution in [2.45, 2.75) is 39.7 Å². The molecule has 1 atom stereocenters. The molecule has 0 heterocycles. The van der Waals surface area contributed by atoms with Crippen LogP contribution < -0.4 is 10.1 Å². The summed E-state index contributed by atoms with van der Waals surface area (Å²) >= 11 is 0. The van der Waals surface area contributed by atoms with Crippen LogP contribution in [0.5, 0.6) is 5.75 Å². The second-order valence-electron chi connectivity index (χ2n) is 6.62. The monoisotopic (exact) mass is 325 g/mol. The molecule has 1 amide bonds. The Morgan fingerprint density at radius 3 is 2.33 bits per heavy atom. The van der Waals surface area contributed by atoms with Gasteiger partial charge in [0, 0.05) is 5.56 Å². The van der Waals surface area contributed by atoms with Gasteiger partial charge in [0.1, 0.15) is 5.75 Å². The molecule has 0 radical (unpaired) electrons. The first-order chi connectivity index (χ1) is 11.5. The molecule has 0 aliphatic rings. The van der Waals surface area contributed by atoms with E-state index in [9.17, 15) is 4.79 Å². The summed E-state index contributed by atoms with van der Waals surface area (Å²) < 4.78 is 5.30. The van der Waals surface area contributed by atoms with E-state index in [0.29, 0.717) is 12.3 Å². The summed E-state index contributed by atoms with van der Waals surface area (Å²) in [5, 5.41) is 3.06. The maximum absolute atomic E-state index is 12.3. The first-order valence-corrected chi connectivity index (χ1v) is 8.49. The lowest BCUT2D eigenvalue weighted by molar-refractivity contribution is -0.121. The van der Waals surface area contributed by atoms with Crippen molar-refractivity contribution in [2.24, 2.45) is 5.92 Å². The summed E-state index contributed by atoms with van der Waals surface area (Å²) in [5.41, 5.74) is 3.36. The van der Waals surface area contributed by atoms with Gasteiger partial charge in [0.05, 0.1) is 19.6 Å². The van der Waals surface area contributed by atoms with Gasteiger partial charge in [0.15, 0.2) is 0 Å². The van der Waals surface area contributed by atoms with Crippen LogP contribution in [0.15, 0.2) is 48.5 Å². The summed E-state index contributed by atoms with van der Waals surface area (Å²) in [4.78, 5) is 12.3. The first-order valence-electron chi connectivity index (χ1n) is 8.49. The topological polar surface area (TPSA) is 38.3 Å². The quantitative estimate of drug-likeness (QED) is 0.823. The Morgan fingerprint density at radius 2 is 1.71 bits per heavy atom. The average Bonchev–Trinajstić information content (AvgIpc) is 2.55. The number of rotatable bonds is 7. The molecule has 0 fully saturated rings. The fourth-order valence-corrected chi connectivity index (χ4v) is 2.81. The van der Waals surface area contributed by atoms with Crippen LogP contribution in [0.25, 0.3) is 0 Å². The largest absolute Gasteiger partial charge is 0.496 e. The van der Waals surface area contributed by atoms with E-state index in [0.717, 1.165) is 23.3 Å². The SMILES string of the molecule is COc1ccccc1CC(=O)NC(C)c1ccc(CC(C)C)cc1. The Hall–Kier alpha value is -2.29. The fraction of sp³-hybridized carbons (Fsp3) is 0.381. The van der Waals surface area contributed by atoms with Gasteiger partial charge in [0.25, 0.3) is 0 Å². The molecule has 0 aliphatic heterocycles. The molecular weight excluding hydrogens is 298 g/mol. The zero-order chi connectivity index (χ0) is 17.5. The molecule has 2 aromatic rings. The zero-order valence-electron chi connectivity index (χ0n) is 15.0. The van der Waals surface area contributed by atoms with Gasteiger partial charge in [-0.1, -0.05) is 56.3 Å². The van der Waals surface area contributed by atoms with E-state index in [4.69, 9.17) is 4.74 Å². The Labute approximate surface area is 145 Å². The highest BCUT2D eigenvalue weighted by Gasteiger charge is 2.12. The molecule has 128 valence electrons. The minimum atomic E-state index is -0.0136. The van der Waals surface area contributed by atoms with Gasteiger partial charge < -0.3 is 10.1 Å². The van der Waals surface area contributed by atoms with E-state index >= 15 is 0 Å². The lowest BCUT2D eigenvalue weighted by Gasteiger charge is -2.16. The predicted molar refractivity (Wildman–Crippen MR) is 98.2 cm³/mol. The summed E-state index contributed by atoms with van der Waals surface area (Å²) in [6.45, 7) is 6.45. The Kier molecular flexibility index (Phi) is 6.42. The fourth-order valence-electron chi connectivity index (χ4n) is 2.81. The highest BCUT2D eigenvalue weighted by atomic mass is 16.5. The van der Waals surface area contributed by atoms with Crippen molar-refractivity contribution in [3.05, 3.63) is 65.2 Å². The van der Waals surface area contributed by atoms with Crippen LogP contribution in [0, 0.1) is 5.92 Å². The highest BCUT2D eigenvalue weighted by Crippen LogP contribution is 2.19. The van der Waals surface area contributed by atoms with Crippen molar-refractivity contribution in [3.8, 4) is 5.75 Å². The predicted octanol–water partition coefficient (Wildman–Crippen LogP) is 4.31. The number of carbonyl (C=O) groups excluding carboxylic acids is 1. The average molecular weight is 325 g/mol. The highest BCUT2D eigenvalue weighted by molar-refractivity contribution is 5.79. The number of ether oxygens (including phenoxy) is 1. The maximum Gasteiger partial charge on any atom is 0.225 e. The lowest BCUT2D eigenvalue weighted by Crippen LogP contribution is -2.28. The van der Waals surface area contributed by atoms with E-state index < -0.39 is 0 Å². The summed E-state index contributed by atoms with van der Waals surface area (Å²) in [6, 6.07) is 16.1. The third-order valence-corrected chi connectivity index (χ3v) is 4.04. The summed E-state index contributed by atoms with van der Waals surface area (Å²) in [5.74, 6) is 1.39. The molecule has 0 aromatic heterocycles. The van der Waals surface area contributed by atoms with Crippen molar-refractivity contribution >= 4 is 5.91 Å². The van der Waals surface area contributed by atoms with E-state index in [1.165, 1.54) is 5.56 Å². The summed E-state index contributed by atoms with van der Waals surface area (Å²) in [6.07, 6.45) is 1.40. The number of methoxy groups -OCH3 is 1. The van der Waals surface area contributed by atoms with E-state index in [2.05, 4.69) is 43.4 Å². The van der Waals surface area contributed by atoms with Gasteiger partial charge in [-0.05, 0) is 36.5 Å². The number of benzene rings is 2. The van der Waals surface area contributed by atoms with Gasteiger partial charge in [0.2, 0.25) is 5.91 Å². The zero-order valence-corrected chi connectivity index (χ0v) is 15.0. The lowest BCUT2D eigenvalue weighted by atomic mass is 10.00. The number of amides is 1.